The van der Waals surface area contributed by atoms with Gasteiger partial charge in [0.1, 0.15) is 5.82 Å². The molecule has 3 rings (SSSR count). The minimum atomic E-state index is 0.00888. The third-order valence-electron chi connectivity index (χ3n) is 5.84. The van der Waals surface area contributed by atoms with E-state index >= 15 is 0 Å². The summed E-state index contributed by atoms with van der Waals surface area (Å²) in [6, 6.07) is 3.93. The van der Waals surface area contributed by atoms with E-state index < -0.39 is 0 Å². The number of hydrogen-bond acceptors (Lipinski definition) is 5. The van der Waals surface area contributed by atoms with Gasteiger partial charge in [-0.25, -0.2) is 4.98 Å². The van der Waals surface area contributed by atoms with Crippen LogP contribution in [-0.2, 0) is 0 Å². The van der Waals surface area contributed by atoms with Gasteiger partial charge in [-0.05, 0) is 51.3 Å². The molecular formula is C21H35N5O. The zero-order valence-electron chi connectivity index (χ0n) is 17.2. The van der Waals surface area contributed by atoms with Crippen LogP contribution >= 0.6 is 0 Å². The maximum absolute atomic E-state index is 12.7. The first-order valence-electron chi connectivity index (χ1n) is 10.4. The van der Waals surface area contributed by atoms with E-state index in [0.29, 0.717) is 11.5 Å². The summed E-state index contributed by atoms with van der Waals surface area (Å²) in [5.41, 5.74) is 0.713. The third-order valence-corrected chi connectivity index (χ3v) is 5.84. The molecule has 0 aliphatic carbocycles. The molecule has 0 radical (unpaired) electrons. The molecule has 2 fully saturated rings. The van der Waals surface area contributed by atoms with E-state index in [1.54, 1.807) is 6.20 Å². The average Bonchev–Trinajstić information content (AvgIpc) is 2.67. The summed E-state index contributed by atoms with van der Waals surface area (Å²) in [4.78, 5) is 24.3. The minimum Gasteiger partial charge on any atom is -0.356 e. The highest BCUT2D eigenvalue weighted by molar-refractivity contribution is 5.95. The Hall–Kier alpha value is -1.66. The van der Waals surface area contributed by atoms with E-state index in [1.165, 1.54) is 12.8 Å². The van der Waals surface area contributed by atoms with Crippen molar-refractivity contribution < 1.29 is 4.79 Å². The number of carbonyl (C=O) groups is 1. The molecule has 6 heteroatoms. The fourth-order valence-electron chi connectivity index (χ4n) is 3.96. The van der Waals surface area contributed by atoms with Gasteiger partial charge in [0.05, 0.1) is 0 Å². The summed E-state index contributed by atoms with van der Waals surface area (Å²) in [6.45, 7) is 12.0. The molecule has 0 saturated carbocycles. The van der Waals surface area contributed by atoms with Crippen LogP contribution in [0.25, 0.3) is 0 Å². The molecule has 27 heavy (non-hydrogen) atoms. The molecule has 2 unspecified atom stereocenters. The molecular weight excluding hydrogens is 338 g/mol. The molecule has 1 amide bonds. The Morgan fingerprint density at radius 3 is 2.81 bits per heavy atom. The molecule has 2 saturated heterocycles. The summed E-state index contributed by atoms with van der Waals surface area (Å²) < 4.78 is 0. The van der Waals surface area contributed by atoms with E-state index in [0.717, 1.165) is 58.1 Å². The Balaban J connectivity index is 1.49. The average molecular weight is 374 g/mol. The summed E-state index contributed by atoms with van der Waals surface area (Å²) in [5.74, 6) is 1.63. The van der Waals surface area contributed by atoms with E-state index in [2.05, 4.69) is 45.9 Å². The Morgan fingerprint density at radius 2 is 2.07 bits per heavy atom. The summed E-state index contributed by atoms with van der Waals surface area (Å²) in [7, 11) is 2.17. The molecule has 2 aliphatic rings. The lowest BCUT2D eigenvalue weighted by Gasteiger charge is -2.33. The third kappa shape index (κ3) is 5.91. The Bertz CT molecular complexity index is 614. The fourth-order valence-corrected chi connectivity index (χ4v) is 3.96. The van der Waals surface area contributed by atoms with E-state index in [4.69, 9.17) is 0 Å². The van der Waals surface area contributed by atoms with Crippen LogP contribution < -0.4 is 10.2 Å². The standard InChI is InChI=1S/C21H35N5O/c1-17-5-4-9-26(16-17)20-15-19(6-8-22-20)21(27)23-18(2)7-10-25-13-11-24(3)12-14-25/h6,8,15,17-18H,4-5,7,9-14,16H2,1-3H3,(H,23,27). The largest absolute Gasteiger partial charge is 0.356 e. The molecule has 1 aromatic heterocycles. The number of piperazine rings is 1. The maximum atomic E-state index is 12.7. The Labute approximate surface area is 163 Å². The second-order valence-corrected chi connectivity index (χ2v) is 8.40. The van der Waals surface area contributed by atoms with Crippen LogP contribution in [-0.4, -0.2) is 79.6 Å². The molecule has 2 aliphatic heterocycles. The number of nitrogens with zero attached hydrogens (tertiary/aromatic N) is 4. The molecule has 0 aromatic carbocycles. The van der Waals surface area contributed by atoms with Gasteiger partial charge in [-0.15, -0.1) is 0 Å². The lowest BCUT2D eigenvalue weighted by atomic mass is 10.0. The highest BCUT2D eigenvalue weighted by Gasteiger charge is 2.19. The van der Waals surface area contributed by atoms with Gasteiger partial charge in [0.15, 0.2) is 0 Å². The first-order valence-corrected chi connectivity index (χ1v) is 10.4. The molecule has 3 heterocycles. The number of rotatable bonds is 6. The summed E-state index contributed by atoms with van der Waals surface area (Å²) >= 11 is 0. The van der Waals surface area contributed by atoms with Crippen molar-refractivity contribution in [3.05, 3.63) is 23.9 Å². The molecule has 150 valence electrons. The molecule has 0 spiro atoms. The number of nitrogens with one attached hydrogen (secondary N) is 1. The van der Waals surface area contributed by atoms with Crippen LogP contribution in [0.3, 0.4) is 0 Å². The van der Waals surface area contributed by atoms with Crippen molar-refractivity contribution in [3.8, 4) is 0 Å². The molecule has 0 bridgehead atoms. The van der Waals surface area contributed by atoms with Gasteiger partial charge in [0.2, 0.25) is 0 Å². The highest BCUT2D eigenvalue weighted by Crippen LogP contribution is 2.21. The molecule has 1 aromatic rings. The molecule has 6 nitrogen and oxygen atoms in total. The molecule has 1 N–H and O–H groups in total. The van der Waals surface area contributed by atoms with Gasteiger partial charge in [-0.3, -0.25) is 4.79 Å². The van der Waals surface area contributed by atoms with E-state index in [1.807, 2.05) is 12.1 Å². The summed E-state index contributed by atoms with van der Waals surface area (Å²) in [6.07, 6.45) is 5.22. The first kappa shape index (κ1) is 20.1. The Morgan fingerprint density at radius 1 is 1.30 bits per heavy atom. The van der Waals surface area contributed by atoms with E-state index in [9.17, 15) is 4.79 Å². The van der Waals surface area contributed by atoms with Crippen molar-refractivity contribution in [2.45, 2.75) is 39.2 Å². The predicted molar refractivity (Wildman–Crippen MR) is 110 cm³/mol. The lowest BCUT2D eigenvalue weighted by Crippen LogP contribution is -2.46. The lowest BCUT2D eigenvalue weighted by molar-refractivity contribution is 0.0931. The predicted octanol–water partition coefficient (Wildman–Crippen LogP) is 2.07. The van der Waals surface area contributed by atoms with Crippen molar-refractivity contribution >= 4 is 11.7 Å². The highest BCUT2D eigenvalue weighted by atomic mass is 16.1. The van der Waals surface area contributed by atoms with E-state index in [-0.39, 0.29) is 11.9 Å². The van der Waals surface area contributed by atoms with Crippen LogP contribution in [0.1, 0.15) is 43.5 Å². The van der Waals surface area contributed by atoms with Gasteiger partial charge in [-0.1, -0.05) is 6.92 Å². The van der Waals surface area contributed by atoms with Gasteiger partial charge < -0.3 is 20.0 Å². The van der Waals surface area contributed by atoms with Gasteiger partial charge in [0, 0.05) is 63.6 Å². The van der Waals surface area contributed by atoms with Crippen molar-refractivity contribution in [2.24, 2.45) is 5.92 Å². The maximum Gasteiger partial charge on any atom is 0.251 e. The van der Waals surface area contributed by atoms with Gasteiger partial charge in [0.25, 0.3) is 5.91 Å². The Kier molecular flexibility index (Phi) is 7.07. The second-order valence-electron chi connectivity index (χ2n) is 8.40. The zero-order chi connectivity index (χ0) is 19.2. The van der Waals surface area contributed by atoms with Crippen molar-refractivity contribution in [1.82, 2.24) is 20.1 Å². The van der Waals surface area contributed by atoms with Crippen LogP contribution in [0.15, 0.2) is 18.3 Å². The number of hydrogen-bond donors (Lipinski definition) is 1. The molecule has 2 atom stereocenters. The number of anilines is 1. The number of carbonyl (C=O) groups excluding carboxylic acids is 1. The number of aromatic nitrogens is 1. The van der Waals surface area contributed by atoms with Crippen LogP contribution in [0.2, 0.25) is 0 Å². The normalized spacial score (nSPS) is 23.2. The minimum absolute atomic E-state index is 0.00888. The smallest absolute Gasteiger partial charge is 0.251 e. The number of piperidine rings is 1. The van der Waals surface area contributed by atoms with Crippen LogP contribution in [0.4, 0.5) is 5.82 Å². The van der Waals surface area contributed by atoms with Gasteiger partial charge >= 0.3 is 0 Å². The van der Waals surface area contributed by atoms with Crippen LogP contribution in [0.5, 0.6) is 0 Å². The van der Waals surface area contributed by atoms with Gasteiger partial charge in [-0.2, -0.15) is 0 Å². The zero-order valence-corrected chi connectivity index (χ0v) is 17.2. The monoisotopic (exact) mass is 373 g/mol. The van der Waals surface area contributed by atoms with Crippen LogP contribution in [0, 0.1) is 5.92 Å². The topological polar surface area (TPSA) is 51.7 Å². The fraction of sp³-hybridized carbons (Fsp3) is 0.714. The van der Waals surface area contributed by atoms with Crippen molar-refractivity contribution in [2.75, 3.05) is 57.8 Å². The number of amides is 1. The first-order chi connectivity index (χ1) is 13.0. The summed E-state index contributed by atoms with van der Waals surface area (Å²) in [5, 5.41) is 3.16. The quantitative estimate of drug-likeness (QED) is 0.827. The second kappa shape index (κ2) is 9.51. The SMILES string of the molecule is CC1CCCN(c2cc(C(=O)NC(C)CCN3CCN(C)CC3)ccn2)C1. The number of pyridine rings is 1. The van der Waals surface area contributed by atoms with Crippen molar-refractivity contribution in [1.29, 1.82) is 0 Å². The number of likely N-dealkylation sites (N-methyl/N-ethyl adjacent to an activating group) is 1. The van der Waals surface area contributed by atoms with Crippen molar-refractivity contribution in [3.63, 3.8) is 0 Å².